The zero-order valence-electron chi connectivity index (χ0n) is 17.1. The van der Waals surface area contributed by atoms with Gasteiger partial charge in [-0.25, -0.2) is 0 Å². The van der Waals surface area contributed by atoms with Gasteiger partial charge in [-0.15, -0.1) is 0 Å². The minimum atomic E-state index is -0.826. The van der Waals surface area contributed by atoms with E-state index >= 15 is 0 Å². The zero-order chi connectivity index (χ0) is 20.5. The van der Waals surface area contributed by atoms with Crippen LogP contribution in [0.3, 0.4) is 0 Å². The van der Waals surface area contributed by atoms with E-state index in [1.807, 2.05) is 0 Å². The molecule has 0 heterocycles. The quantitative estimate of drug-likeness (QED) is 0.381. The average molecular weight is 489 g/mol. The van der Waals surface area contributed by atoms with E-state index in [0.717, 1.165) is 0 Å². The number of hydrogen-bond acceptors (Lipinski definition) is 0. The van der Waals surface area contributed by atoms with E-state index < -0.39 is 20.8 Å². The van der Waals surface area contributed by atoms with Crippen molar-refractivity contribution in [1.82, 2.24) is 0 Å². The van der Waals surface area contributed by atoms with Crippen LogP contribution in [-0.2, 0) is 20.8 Å². The summed E-state index contributed by atoms with van der Waals surface area (Å²) in [6.45, 7) is 11.6. The van der Waals surface area contributed by atoms with Crippen molar-refractivity contribution in [2.45, 2.75) is 34.6 Å². The second-order valence-corrected chi connectivity index (χ2v) is 12.5. The Bertz CT molecular complexity index is 618. The molecule has 0 unspecified atom stereocenters. The Kier molecular flexibility index (Phi) is 7.65. The van der Waals surface area contributed by atoms with Crippen molar-refractivity contribution in [2.24, 2.45) is 10.8 Å². The second kappa shape index (κ2) is 9.28. The van der Waals surface area contributed by atoms with Gasteiger partial charge in [-0.2, -0.15) is 0 Å². The predicted molar refractivity (Wildman–Crippen MR) is 117 cm³/mol. The molecule has 10 radical (unpaired) electrons. The summed E-state index contributed by atoms with van der Waals surface area (Å²) in [6, 6.07) is 0. The van der Waals surface area contributed by atoms with Gasteiger partial charge in [0.25, 0.3) is 0 Å². The van der Waals surface area contributed by atoms with Gasteiger partial charge in [0.1, 0.15) is 0 Å². The molecule has 4 aliphatic rings. The van der Waals surface area contributed by atoms with Crippen molar-refractivity contribution in [3.05, 3.63) is 109 Å². The molecule has 4 aliphatic carbocycles. The first-order valence-electron chi connectivity index (χ1n) is 9.52. The fourth-order valence-corrected chi connectivity index (χ4v) is 4.13. The van der Waals surface area contributed by atoms with Crippen LogP contribution in [0.1, 0.15) is 34.6 Å². The molecule has 0 nitrogen and oxygen atoms in total. The number of halogens is 2. The molecular weight excluding hydrogens is 462 g/mol. The van der Waals surface area contributed by atoms with Gasteiger partial charge in [0.2, 0.25) is 0 Å². The number of allylic oxidation sites excluding steroid dienone is 8. The number of fused-ring (bicyclic) bond motifs is 3. The molecule has 0 N–H and O–H groups in total. The number of hydrogen-bond donors (Lipinski definition) is 0. The fraction of sp³-hybridized carbons (Fsp3) is 0.280. The first kappa shape index (κ1) is 23.1. The molecule has 0 bridgehead atoms. The molecule has 0 aromatic heterocycles. The Morgan fingerprint density at radius 2 is 1.04 bits per heavy atom. The molecule has 0 aromatic carbocycles. The Morgan fingerprint density at radius 1 is 0.643 bits per heavy atom. The molecule has 2 fully saturated rings. The third-order valence-electron chi connectivity index (χ3n) is 5.65. The van der Waals surface area contributed by atoms with Crippen molar-refractivity contribution in [2.75, 3.05) is 0 Å². The van der Waals surface area contributed by atoms with Gasteiger partial charge in [-0.05, 0) is 41.9 Å². The molecule has 0 atom stereocenters. The topological polar surface area (TPSA) is 0 Å². The average Bonchev–Trinajstić information content (AvgIpc) is 3.26. The summed E-state index contributed by atoms with van der Waals surface area (Å²) >= 11 is -0.826. The molecule has 0 saturated heterocycles. The van der Waals surface area contributed by atoms with Crippen LogP contribution in [0, 0.1) is 71.5 Å². The fourth-order valence-electron chi connectivity index (χ4n) is 4.13. The second-order valence-electron chi connectivity index (χ2n) is 8.80. The van der Waals surface area contributed by atoms with E-state index in [-0.39, 0.29) is 10.8 Å². The van der Waals surface area contributed by atoms with E-state index in [1.165, 1.54) is 41.4 Å². The standard InChI is InChI=1S/C25H26.2ClH.Zr/c1-24(2,3)17-14-15-18(16-17)25(4,5)23-21-12-8-6-10-19(21)20-11-7-9-13-22(20)23;;;/h6-16H,1-5H3;2*1H;/q;;;+2/p-2. The summed E-state index contributed by atoms with van der Waals surface area (Å²) in [7, 11) is 9.87. The van der Waals surface area contributed by atoms with Crippen molar-refractivity contribution in [3.63, 3.8) is 0 Å². The van der Waals surface area contributed by atoms with Crippen molar-refractivity contribution in [1.29, 1.82) is 0 Å². The first-order chi connectivity index (χ1) is 13.2. The van der Waals surface area contributed by atoms with Crippen LogP contribution in [-0.4, -0.2) is 0 Å². The summed E-state index contributed by atoms with van der Waals surface area (Å²) in [5.74, 6) is 9.76. The Morgan fingerprint density at radius 3 is 1.43 bits per heavy atom. The summed E-state index contributed by atoms with van der Waals surface area (Å²) in [6.07, 6.45) is 24.7. The van der Waals surface area contributed by atoms with Crippen molar-refractivity contribution >= 4 is 17.0 Å². The third kappa shape index (κ3) is 4.53. The molecule has 28 heavy (non-hydrogen) atoms. The summed E-state index contributed by atoms with van der Waals surface area (Å²) < 4.78 is 0. The summed E-state index contributed by atoms with van der Waals surface area (Å²) in [4.78, 5) is 0. The van der Waals surface area contributed by atoms with Gasteiger partial charge in [0.15, 0.2) is 0 Å². The maximum atomic E-state index is 4.93. The van der Waals surface area contributed by atoms with Crippen LogP contribution in [0.15, 0.2) is 48.6 Å². The maximum absolute atomic E-state index is 4.93. The summed E-state index contributed by atoms with van der Waals surface area (Å²) in [5, 5.41) is 0. The van der Waals surface area contributed by atoms with E-state index in [1.54, 1.807) is 0 Å². The normalized spacial score (nSPS) is 25.1. The van der Waals surface area contributed by atoms with Crippen LogP contribution in [0.4, 0.5) is 0 Å². The molecule has 2 saturated carbocycles. The molecule has 0 aromatic rings. The minimum absolute atomic E-state index is 0.0355. The molecule has 3 heteroatoms. The predicted octanol–water partition coefficient (Wildman–Crippen LogP) is 7.35. The van der Waals surface area contributed by atoms with Crippen LogP contribution >= 0.6 is 17.0 Å². The Balaban J connectivity index is 0.000000706. The van der Waals surface area contributed by atoms with Gasteiger partial charge in [-0.3, -0.25) is 0 Å². The van der Waals surface area contributed by atoms with E-state index in [4.69, 9.17) is 17.0 Å². The Labute approximate surface area is 191 Å². The molecular formula is C25H26Cl2Zr. The van der Waals surface area contributed by atoms with Gasteiger partial charge < -0.3 is 0 Å². The Hall–Kier alpha value is 0.423. The van der Waals surface area contributed by atoms with E-state index in [2.05, 4.69) is 102 Å². The van der Waals surface area contributed by atoms with Crippen LogP contribution < -0.4 is 0 Å². The van der Waals surface area contributed by atoms with Crippen molar-refractivity contribution in [3.8, 4) is 0 Å². The van der Waals surface area contributed by atoms with Gasteiger partial charge in [-0.1, -0.05) is 83.2 Å². The van der Waals surface area contributed by atoms with Gasteiger partial charge >= 0.3 is 37.9 Å². The number of rotatable bonds is 2. The molecule has 144 valence electrons. The van der Waals surface area contributed by atoms with Gasteiger partial charge in [0.05, 0.1) is 0 Å². The molecule has 0 amide bonds. The molecule has 0 aliphatic heterocycles. The summed E-state index contributed by atoms with van der Waals surface area (Å²) in [5.41, 5.74) is 0.149. The van der Waals surface area contributed by atoms with Crippen LogP contribution in [0.2, 0.25) is 0 Å². The molecule has 4 rings (SSSR count). The molecule has 0 spiro atoms. The van der Waals surface area contributed by atoms with Gasteiger partial charge in [0, 0.05) is 29.6 Å². The third-order valence-corrected chi connectivity index (χ3v) is 5.65. The van der Waals surface area contributed by atoms with Crippen molar-refractivity contribution < 1.29 is 20.8 Å². The monoisotopic (exact) mass is 486 g/mol. The van der Waals surface area contributed by atoms with Crippen LogP contribution in [0.5, 0.6) is 0 Å². The zero-order valence-corrected chi connectivity index (χ0v) is 21.1. The SMILES string of the molecule is CC(C)(C)[C]1[CH][CH][C](C(C)(C)[C]2[C]3C=CC=C[C]3[C]3C=CC=C[C]32)[CH]1.[Cl][Zr][Cl]. The van der Waals surface area contributed by atoms with E-state index in [0.29, 0.717) is 0 Å². The van der Waals surface area contributed by atoms with Crippen LogP contribution in [0.25, 0.3) is 0 Å². The van der Waals surface area contributed by atoms with E-state index in [9.17, 15) is 0 Å². The first-order valence-corrected chi connectivity index (χ1v) is 15.9.